The van der Waals surface area contributed by atoms with E-state index in [2.05, 4.69) is 16.0 Å². The Morgan fingerprint density at radius 2 is 2.00 bits per heavy atom. The minimum atomic E-state index is 0.0304. The van der Waals surface area contributed by atoms with Gasteiger partial charge in [-0.2, -0.15) is 0 Å². The molecule has 1 saturated carbocycles. The van der Waals surface area contributed by atoms with Crippen molar-refractivity contribution >= 4 is 6.03 Å². The third kappa shape index (κ3) is 4.54. The summed E-state index contributed by atoms with van der Waals surface area (Å²) in [6.07, 6.45) is 8.52. The van der Waals surface area contributed by atoms with Crippen LogP contribution in [0.3, 0.4) is 0 Å². The van der Waals surface area contributed by atoms with E-state index in [1.807, 2.05) is 0 Å². The van der Waals surface area contributed by atoms with Gasteiger partial charge in [0.05, 0.1) is 0 Å². The average Bonchev–Trinajstić information content (AvgIpc) is 2.83. The lowest BCUT2D eigenvalue weighted by Crippen LogP contribution is -2.43. The second-order valence-electron chi connectivity index (χ2n) is 5.38. The molecule has 2 amide bonds. The van der Waals surface area contributed by atoms with Gasteiger partial charge in [-0.3, -0.25) is 0 Å². The molecular weight excluding hydrogens is 214 g/mol. The van der Waals surface area contributed by atoms with Crippen molar-refractivity contribution in [3.8, 4) is 0 Å². The lowest BCUT2D eigenvalue weighted by atomic mass is 9.96. The maximum atomic E-state index is 11.6. The largest absolute Gasteiger partial charge is 0.338 e. The standard InChI is InChI=1S/C13H25N3O/c17-13(16-12-4-2-1-3-5-12)15-9-7-11-6-8-14-10-11/h11-12,14H,1-10H2,(H2,15,16,17). The maximum Gasteiger partial charge on any atom is 0.315 e. The summed E-state index contributed by atoms with van der Waals surface area (Å²) >= 11 is 0. The van der Waals surface area contributed by atoms with Crippen molar-refractivity contribution in [2.24, 2.45) is 5.92 Å². The fourth-order valence-corrected chi connectivity index (χ4v) is 2.83. The minimum absolute atomic E-state index is 0.0304. The number of rotatable bonds is 4. The van der Waals surface area contributed by atoms with Crippen LogP contribution in [0.5, 0.6) is 0 Å². The van der Waals surface area contributed by atoms with E-state index in [0.717, 1.165) is 44.8 Å². The van der Waals surface area contributed by atoms with Crippen molar-refractivity contribution in [1.82, 2.24) is 16.0 Å². The maximum absolute atomic E-state index is 11.6. The van der Waals surface area contributed by atoms with Gasteiger partial charge in [0.15, 0.2) is 0 Å². The van der Waals surface area contributed by atoms with E-state index in [1.165, 1.54) is 25.7 Å². The molecule has 4 nitrogen and oxygen atoms in total. The van der Waals surface area contributed by atoms with Crippen LogP contribution in [0.25, 0.3) is 0 Å². The van der Waals surface area contributed by atoms with Crippen LogP contribution in [0.4, 0.5) is 4.79 Å². The van der Waals surface area contributed by atoms with Crippen LogP contribution < -0.4 is 16.0 Å². The summed E-state index contributed by atoms with van der Waals surface area (Å²) in [4.78, 5) is 11.6. The number of carbonyl (C=O) groups is 1. The SMILES string of the molecule is O=C(NCCC1CCNC1)NC1CCCCC1. The Morgan fingerprint density at radius 3 is 2.71 bits per heavy atom. The van der Waals surface area contributed by atoms with Crippen molar-refractivity contribution in [1.29, 1.82) is 0 Å². The molecule has 0 bridgehead atoms. The third-order valence-corrected chi connectivity index (χ3v) is 3.94. The van der Waals surface area contributed by atoms with E-state index in [4.69, 9.17) is 0 Å². The normalized spacial score (nSPS) is 25.8. The quantitative estimate of drug-likeness (QED) is 0.698. The van der Waals surface area contributed by atoms with Crippen LogP contribution in [-0.2, 0) is 0 Å². The molecule has 2 aliphatic rings. The lowest BCUT2D eigenvalue weighted by molar-refractivity contribution is 0.232. The first-order valence-electron chi connectivity index (χ1n) is 7.09. The highest BCUT2D eigenvalue weighted by Crippen LogP contribution is 2.17. The fourth-order valence-electron chi connectivity index (χ4n) is 2.83. The van der Waals surface area contributed by atoms with Crippen LogP contribution in [0, 0.1) is 5.92 Å². The zero-order valence-electron chi connectivity index (χ0n) is 10.6. The van der Waals surface area contributed by atoms with Gasteiger partial charge < -0.3 is 16.0 Å². The average molecular weight is 239 g/mol. The second kappa shape index (κ2) is 6.84. The lowest BCUT2D eigenvalue weighted by Gasteiger charge is -2.23. The number of hydrogen-bond donors (Lipinski definition) is 3. The molecule has 3 N–H and O–H groups in total. The summed E-state index contributed by atoms with van der Waals surface area (Å²) in [5.74, 6) is 0.755. The Balaban J connectivity index is 1.53. The van der Waals surface area contributed by atoms with Crippen LogP contribution in [0.1, 0.15) is 44.9 Å². The van der Waals surface area contributed by atoms with Gasteiger partial charge in [-0.25, -0.2) is 4.79 Å². The molecule has 1 saturated heterocycles. The molecule has 17 heavy (non-hydrogen) atoms. The Labute approximate surface area is 104 Å². The van der Waals surface area contributed by atoms with Gasteiger partial charge in [0, 0.05) is 12.6 Å². The molecule has 0 aromatic carbocycles. The van der Waals surface area contributed by atoms with Crippen LogP contribution in [0.2, 0.25) is 0 Å². The van der Waals surface area contributed by atoms with E-state index in [-0.39, 0.29) is 6.03 Å². The summed E-state index contributed by atoms with van der Waals surface area (Å²) in [5, 5.41) is 9.41. The van der Waals surface area contributed by atoms with Gasteiger partial charge in [-0.05, 0) is 44.7 Å². The van der Waals surface area contributed by atoms with Crippen molar-refractivity contribution in [2.45, 2.75) is 51.0 Å². The zero-order chi connectivity index (χ0) is 11.9. The van der Waals surface area contributed by atoms with Crippen LogP contribution in [-0.4, -0.2) is 31.7 Å². The Morgan fingerprint density at radius 1 is 1.18 bits per heavy atom. The van der Waals surface area contributed by atoms with Gasteiger partial charge in [0.2, 0.25) is 0 Å². The molecule has 0 radical (unpaired) electrons. The highest BCUT2D eigenvalue weighted by molar-refractivity contribution is 5.74. The molecule has 1 atom stereocenters. The molecule has 2 rings (SSSR count). The topological polar surface area (TPSA) is 53.2 Å². The van der Waals surface area contributed by atoms with Gasteiger partial charge >= 0.3 is 6.03 Å². The highest BCUT2D eigenvalue weighted by atomic mass is 16.2. The minimum Gasteiger partial charge on any atom is -0.338 e. The summed E-state index contributed by atoms with van der Waals surface area (Å²) in [6.45, 7) is 3.07. The number of carbonyl (C=O) groups excluding carboxylic acids is 1. The first-order chi connectivity index (χ1) is 8.34. The van der Waals surface area contributed by atoms with Gasteiger partial charge in [0.25, 0.3) is 0 Å². The predicted octanol–water partition coefficient (Wildman–Crippen LogP) is 1.62. The number of nitrogens with one attached hydrogen (secondary N) is 3. The van der Waals surface area contributed by atoms with Crippen molar-refractivity contribution in [3.63, 3.8) is 0 Å². The van der Waals surface area contributed by atoms with Crippen molar-refractivity contribution in [2.75, 3.05) is 19.6 Å². The fraction of sp³-hybridized carbons (Fsp3) is 0.923. The molecule has 0 aromatic heterocycles. The Bertz CT molecular complexity index is 233. The van der Waals surface area contributed by atoms with E-state index in [0.29, 0.717) is 6.04 Å². The second-order valence-corrected chi connectivity index (χ2v) is 5.38. The third-order valence-electron chi connectivity index (χ3n) is 3.94. The molecule has 4 heteroatoms. The summed E-state index contributed by atoms with van der Waals surface area (Å²) < 4.78 is 0. The smallest absolute Gasteiger partial charge is 0.315 e. The predicted molar refractivity (Wildman–Crippen MR) is 69.0 cm³/mol. The Hall–Kier alpha value is -0.770. The highest BCUT2D eigenvalue weighted by Gasteiger charge is 2.16. The van der Waals surface area contributed by atoms with Gasteiger partial charge in [-0.15, -0.1) is 0 Å². The van der Waals surface area contributed by atoms with Gasteiger partial charge in [0.1, 0.15) is 0 Å². The first-order valence-corrected chi connectivity index (χ1v) is 7.09. The molecule has 1 aliphatic carbocycles. The molecular formula is C13H25N3O. The first kappa shape index (κ1) is 12.7. The van der Waals surface area contributed by atoms with Crippen LogP contribution >= 0.6 is 0 Å². The Kier molecular flexibility index (Phi) is 5.10. The van der Waals surface area contributed by atoms with E-state index >= 15 is 0 Å². The molecule has 1 aliphatic heterocycles. The molecule has 0 spiro atoms. The summed E-state index contributed by atoms with van der Waals surface area (Å²) in [5.41, 5.74) is 0. The van der Waals surface area contributed by atoms with Crippen LogP contribution in [0.15, 0.2) is 0 Å². The summed E-state index contributed by atoms with van der Waals surface area (Å²) in [7, 11) is 0. The van der Waals surface area contributed by atoms with E-state index < -0.39 is 0 Å². The molecule has 1 heterocycles. The van der Waals surface area contributed by atoms with E-state index in [9.17, 15) is 4.79 Å². The molecule has 2 fully saturated rings. The number of amides is 2. The number of urea groups is 1. The molecule has 1 unspecified atom stereocenters. The number of hydrogen-bond acceptors (Lipinski definition) is 2. The van der Waals surface area contributed by atoms with Crippen molar-refractivity contribution < 1.29 is 4.79 Å². The molecule has 98 valence electrons. The summed E-state index contributed by atoms with van der Waals surface area (Å²) in [6, 6.07) is 0.444. The van der Waals surface area contributed by atoms with Gasteiger partial charge in [-0.1, -0.05) is 19.3 Å². The zero-order valence-corrected chi connectivity index (χ0v) is 10.6. The monoisotopic (exact) mass is 239 g/mol. The van der Waals surface area contributed by atoms with E-state index in [1.54, 1.807) is 0 Å². The van der Waals surface area contributed by atoms with Crippen molar-refractivity contribution in [3.05, 3.63) is 0 Å². The molecule has 0 aromatic rings.